The third kappa shape index (κ3) is 3.41. The Balaban J connectivity index is 1.81. The van der Waals surface area contributed by atoms with E-state index in [1.807, 2.05) is 0 Å². The van der Waals surface area contributed by atoms with Gasteiger partial charge in [0.1, 0.15) is 11.6 Å². The van der Waals surface area contributed by atoms with E-state index < -0.39 is 0 Å². The fourth-order valence-electron chi connectivity index (χ4n) is 1.80. The summed E-state index contributed by atoms with van der Waals surface area (Å²) in [6, 6.07) is 4.80. The van der Waals surface area contributed by atoms with E-state index in [1.165, 1.54) is 13.2 Å². The summed E-state index contributed by atoms with van der Waals surface area (Å²) >= 11 is 0. The maximum Gasteiger partial charge on any atom is 0.131 e. The van der Waals surface area contributed by atoms with E-state index in [9.17, 15) is 9.50 Å². The second-order valence-electron chi connectivity index (χ2n) is 4.49. The zero-order valence-electron chi connectivity index (χ0n) is 9.95. The quantitative estimate of drug-likeness (QED) is 0.794. The first-order valence-corrected chi connectivity index (χ1v) is 5.92. The van der Waals surface area contributed by atoms with Gasteiger partial charge in [-0.1, -0.05) is 6.07 Å². The Hall–Kier alpha value is -1.13. The van der Waals surface area contributed by atoms with Gasteiger partial charge in [0.25, 0.3) is 0 Å². The summed E-state index contributed by atoms with van der Waals surface area (Å²) in [6.45, 7) is 0.954. The maximum atomic E-state index is 13.5. The molecule has 0 spiro atoms. The van der Waals surface area contributed by atoms with Crippen LogP contribution in [0.4, 0.5) is 4.39 Å². The van der Waals surface area contributed by atoms with Gasteiger partial charge in [-0.25, -0.2) is 4.39 Å². The molecule has 3 nitrogen and oxygen atoms in total. The molecule has 1 aromatic carbocycles. The van der Waals surface area contributed by atoms with E-state index in [1.54, 1.807) is 12.1 Å². The molecule has 0 saturated heterocycles. The van der Waals surface area contributed by atoms with Crippen molar-refractivity contribution in [2.24, 2.45) is 5.92 Å². The fourth-order valence-corrected chi connectivity index (χ4v) is 1.80. The minimum atomic E-state index is -0.295. The van der Waals surface area contributed by atoms with E-state index >= 15 is 0 Å². The molecule has 1 saturated carbocycles. The highest BCUT2D eigenvalue weighted by Gasteiger charge is 2.29. The predicted octanol–water partition coefficient (Wildman–Crippen LogP) is 1.69. The van der Waals surface area contributed by atoms with Crippen molar-refractivity contribution in [3.8, 4) is 5.75 Å². The van der Waals surface area contributed by atoms with Gasteiger partial charge in [-0.05, 0) is 24.8 Å². The first-order valence-electron chi connectivity index (χ1n) is 5.92. The molecule has 4 heteroatoms. The lowest BCUT2D eigenvalue weighted by molar-refractivity contribution is 0.148. The van der Waals surface area contributed by atoms with Gasteiger partial charge in [-0.3, -0.25) is 0 Å². The van der Waals surface area contributed by atoms with Gasteiger partial charge in [0, 0.05) is 24.7 Å². The topological polar surface area (TPSA) is 41.5 Å². The van der Waals surface area contributed by atoms with Gasteiger partial charge >= 0.3 is 0 Å². The molecule has 1 fully saturated rings. The van der Waals surface area contributed by atoms with E-state index in [2.05, 4.69) is 5.32 Å². The lowest BCUT2D eigenvalue weighted by atomic mass is 10.2. The molecule has 0 amide bonds. The SMILES string of the molecule is COc1ccc(CNCC(O)C2CC2)c(F)c1. The average molecular weight is 239 g/mol. The van der Waals surface area contributed by atoms with Crippen molar-refractivity contribution in [2.45, 2.75) is 25.5 Å². The van der Waals surface area contributed by atoms with Gasteiger partial charge in [-0.2, -0.15) is 0 Å². The van der Waals surface area contributed by atoms with Crippen molar-refractivity contribution < 1.29 is 14.2 Å². The van der Waals surface area contributed by atoms with E-state index in [-0.39, 0.29) is 11.9 Å². The summed E-state index contributed by atoms with van der Waals surface area (Å²) in [6.07, 6.45) is 1.93. The normalized spacial score (nSPS) is 16.9. The number of nitrogens with one attached hydrogen (secondary N) is 1. The number of ether oxygens (including phenoxy) is 1. The molecule has 1 aliphatic carbocycles. The molecule has 1 unspecified atom stereocenters. The summed E-state index contributed by atoms with van der Waals surface area (Å²) in [5, 5.41) is 12.7. The van der Waals surface area contributed by atoms with Crippen molar-refractivity contribution >= 4 is 0 Å². The van der Waals surface area contributed by atoms with Gasteiger partial charge in [0.15, 0.2) is 0 Å². The Labute approximate surface area is 101 Å². The molecule has 0 bridgehead atoms. The predicted molar refractivity (Wildman–Crippen MR) is 63.4 cm³/mol. The van der Waals surface area contributed by atoms with Crippen LogP contribution in [-0.4, -0.2) is 24.9 Å². The highest BCUT2D eigenvalue weighted by atomic mass is 19.1. The molecule has 2 rings (SSSR count). The number of benzene rings is 1. The standard InChI is InChI=1S/C13H18FNO2/c1-17-11-5-4-10(12(14)6-11)7-15-8-13(16)9-2-3-9/h4-6,9,13,15-16H,2-3,7-8H2,1H3. The monoisotopic (exact) mass is 239 g/mol. The van der Waals surface area contributed by atoms with Crippen molar-refractivity contribution in [1.82, 2.24) is 5.32 Å². The highest BCUT2D eigenvalue weighted by Crippen LogP contribution is 2.32. The third-order valence-electron chi connectivity index (χ3n) is 3.10. The number of aliphatic hydroxyl groups is 1. The Bertz CT molecular complexity index is 380. The van der Waals surface area contributed by atoms with Crippen molar-refractivity contribution in [1.29, 1.82) is 0 Å². The lowest BCUT2D eigenvalue weighted by Crippen LogP contribution is -2.28. The van der Waals surface area contributed by atoms with Crippen molar-refractivity contribution in [3.63, 3.8) is 0 Å². The summed E-state index contributed by atoms with van der Waals surface area (Å²) < 4.78 is 18.5. The summed E-state index contributed by atoms with van der Waals surface area (Å²) in [5.41, 5.74) is 0.591. The fraction of sp³-hybridized carbons (Fsp3) is 0.538. The molecule has 0 heterocycles. The Morgan fingerprint density at radius 2 is 2.29 bits per heavy atom. The molecule has 17 heavy (non-hydrogen) atoms. The molecule has 0 aromatic heterocycles. The molecule has 1 aliphatic rings. The molecule has 94 valence electrons. The molecular formula is C13H18FNO2. The van der Waals surface area contributed by atoms with Gasteiger partial charge in [0.2, 0.25) is 0 Å². The number of rotatable bonds is 6. The molecule has 2 N–H and O–H groups in total. The first kappa shape index (κ1) is 12.3. The van der Waals surface area contributed by atoms with E-state index in [4.69, 9.17) is 4.74 Å². The summed E-state index contributed by atoms with van der Waals surface area (Å²) in [5.74, 6) is 0.685. The van der Waals surface area contributed by atoms with Crippen LogP contribution in [0.5, 0.6) is 5.75 Å². The lowest BCUT2D eigenvalue weighted by Gasteiger charge is -2.11. The van der Waals surface area contributed by atoms with Gasteiger partial charge < -0.3 is 15.2 Å². The molecule has 0 radical (unpaired) electrons. The smallest absolute Gasteiger partial charge is 0.131 e. The number of hydrogen-bond acceptors (Lipinski definition) is 3. The van der Waals surface area contributed by atoms with E-state index in [0.717, 1.165) is 12.8 Å². The molecule has 1 aromatic rings. The van der Waals surface area contributed by atoms with E-state index in [0.29, 0.717) is 30.3 Å². The van der Waals surface area contributed by atoms with Crippen LogP contribution in [0, 0.1) is 11.7 Å². The number of aliphatic hydroxyl groups excluding tert-OH is 1. The Morgan fingerprint density at radius 1 is 1.53 bits per heavy atom. The largest absolute Gasteiger partial charge is 0.497 e. The maximum absolute atomic E-state index is 13.5. The summed E-state index contributed by atoms with van der Waals surface area (Å²) in [7, 11) is 1.51. The molecule has 1 atom stereocenters. The van der Waals surface area contributed by atoms with Crippen LogP contribution in [0.2, 0.25) is 0 Å². The van der Waals surface area contributed by atoms with Crippen molar-refractivity contribution in [2.75, 3.05) is 13.7 Å². The van der Waals surface area contributed by atoms with Crippen LogP contribution < -0.4 is 10.1 Å². The number of hydrogen-bond donors (Lipinski definition) is 2. The zero-order valence-corrected chi connectivity index (χ0v) is 9.95. The Morgan fingerprint density at radius 3 is 2.88 bits per heavy atom. The minimum absolute atomic E-state index is 0.280. The number of methoxy groups -OCH3 is 1. The van der Waals surface area contributed by atoms with Crippen LogP contribution >= 0.6 is 0 Å². The first-order chi connectivity index (χ1) is 8.20. The number of halogens is 1. The zero-order chi connectivity index (χ0) is 12.3. The second kappa shape index (κ2) is 5.47. The van der Waals surface area contributed by atoms with Crippen LogP contribution in [0.25, 0.3) is 0 Å². The Kier molecular flexibility index (Phi) is 3.97. The van der Waals surface area contributed by atoms with Crippen LogP contribution in [0.15, 0.2) is 18.2 Å². The van der Waals surface area contributed by atoms with Crippen LogP contribution in [-0.2, 0) is 6.54 Å². The van der Waals surface area contributed by atoms with Gasteiger partial charge in [-0.15, -0.1) is 0 Å². The highest BCUT2D eigenvalue weighted by molar-refractivity contribution is 5.28. The van der Waals surface area contributed by atoms with Crippen LogP contribution in [0.3, 0.4) is 0 Å². The second-order valence-corrected chi connectivity index (χ2v) is 4.49. The minimum Gasteiger partial charge on any atom is -0.497 e. The van der Waals surface area contributed by atoms with Crippen LogP contribution in [0.1, 0.15) is 18.4 Å². The van der Waals surface area contributed by atoms with Crippen molar-refractivity contribution in [3.05, 3.63) is 29.6 Å². The molecule has 0 aliphatic heterocycles. The third-order valence-corrected chi connectivity index (χ3v) is 3.10. The summed E-state index contributed by atoms with van der Waals surface area (Å²) in [4.78, 5) is 0. The average Bonchev–Trinajstić information content (AvgIpc) is 3.15. The molecular weight excluding hydrogens is 221 g/mol. The van der Waals surface area contributed by atoms with Gasteiger partial charge in [0.05, 0.1) is 13.2 Å².